The van der Waals surface area contributed by atoms with Gasteiger partial charge < -0.3 is 10.2 Å². The molecule has 12 heavy (non-hydrogen) atoms. The van der Waals surface area contributed by atoms with Crippen LogP contribution in [0.2, 0.25) is 0 Å². The molecule has 0 aromatic carbocycles. The first-order valence-corrected chi connectivity index (χ1v) is 3.69. The van der Waals surface area contributed by atoms with Crippen LogP contribution in [-0.4, -0.2) is 28.2 Å². The molecule has 3 nitrogen and oxygen atoms in total. The van der Waals surface area contributed by atoms with Crippen LogP contribution in [0.25, 0.3) is 0 Å². The molecule has 0 aliphatic heterocycles. The maximum atomic E-state index is 12.2. The quantitative estimate of drug-likeness (QED) is 0.674. The highest BCUT2D eigenvalue weighted by atomic mass is 19.3. The summed E-state index contributed by atoms with van der Waals surface area (Å²) in [5.41, 5.74) is 0. The van der Waals surface area contributed by atoms with Gasteiger partial charge in [0.05, 0.1) is 12.5 Å². The minimum atomic E-state index is -2.67. The van der Waals surface area contributed by atoms with Crippen molar-refractivity contribution in [2.24, 2.45) is 5.92 Å². The first-order valence-electron chi connectivity index (χ1n) is 3.69. The third-order valence-electron chi connectivity index (χ3n) is 1.92. The molecule has 0 saturated heterocycles. The fraction of sp³-hybridized carbons (Fsp3) is 0.857. The van der Waals surface area contributed by atoms with Crippen LogP contribution in [0.1, 0.15) is 19.3 Å². The zero-order chi connectivity index (χ0) is 9.35. The number of carboxylic acids is 1. The minimum Gasteiger partial charge on any atom is -0.481 e. The average molecular weight is 180 g/mol. The molecular formula is C7H10F2O3. The van der Waals surface area contributed by atoms with E-state index in [1.165, 1.54) is 0 Å². The van der Waals surface area contributed by atoms with Gasteiger partial charge in [-0.2, -0.15) is 0 Å². The lowest BCUT2D eigenvalue weighted by Gasteiger charge is -2.05. The van der Waals surface area contributed by atoms with Gasteiger partial charge in [-0.1, -0.05) is 0 Å². The Bertz CT molecular complexity index is 193. The fourth-order valence-electron chi connectivity index (χ4n) is 1.14. The van der Waals surface area contributed by atoms with Gasteiger partial charge in [0.25, 0.3) is 5.92 Å². The van der Waals surface area contributed by atoms with Gasteiger partial charge in [0.2, 0.25) is 0 Å². The van der Waals surface area contributed by atoms with Crippen LogP contribution in [0, 0.1) is 5.92 Å². The molecule has 1 unspecified atom stereocenters. The van der Waals surface area contributed by atoms with Crippen LogP contribution in [0.3, 0.4) is 0 Å². The van der Waals surface area contributed by atoms with Crippen molar-refractivity contribution in [3.63, 3.8) is 0 Å². The van der Waals surface area contributed by atoms with Gasteiger partial charge in [0.1, 0.15) is 0 Å². The van der Waals surface area contributed by atoms with E-state index in [2.05, 4.69) is 0 Å². The molecule has 0 aromatic rings. The number of hydrogen-bond acceptors (Lipinski definition) is 2. The summed E-state index contributed by atoms with van der Waals surface area (Å²) in [6, 6.07) is 0. The monoisotopic (exact) mass is 180 g/mol. The molecule has 0 spiro atoms. The Morgan fingerprint density at radius 1 is 1.67 bits per heavy atom. The van der Waals surface area contributed by atoms with Crippen LogP contribution < -0.4 is 0 Å². The second kappa shape index (κ2) is 2.97. The van der Waals surface area contributed by atoms with E-state index in [0.29, 0.717) is 0 Å². The summed E-state index contributed by atoms with van der Waals surface area (Å²) in [4.78, 5) is 10.0. The molecule has 0 heterocycles. The van der Waals surface area contributed by atoms with E-state index in [9.17, 15) is 13.6 Å². The molecule has 0 bridgehead atoms. The van der Waals surface area contributed by atoms with E-state index >= 15 is 0 Å². The highest BCUT2D eigenvalue weighted by Gasteiger charge is 2.56. The molecular weight excluding hydrogens is 170 g/mol. The highest BCUT2D eigenvalue weighted by Crippen LogP contribution is 2.51. The Morgan fingerprint density at radius 3 is 2.50 bits per heavy atom. The van der Waals surface area contributed by atoms with Crippen molar-refractivity contribution >= 4 is 5.97 Å². The lowest BCUT2D eigenvalue weighted by molar-refractivity contribution is -0.139. The van der Waals surface area contributed by atoms with Crippen molar-refractivity contribution in [2.75, 3.05) is 0 Å². The molecule has 0 amide bonds. The molecule has 1 fully saturated rings. The lowest BCUT2D eigenvalue weighted by Crippen LogP contribution is -2.14. The molecule has 5 heteroatoms. The van der Waals surface area contributed by atoms with Crippen molar-refractivity contribution in [2.45, 2.75) is 31.3 Å². The molecule has 2 N–H and O–H groups in total. The Kier molecular flexibility index (Phi) is 2.32. The number of aliphatic hydroxyl groups excluding tert-OH is 1. The van der Waals surface area contributed by atoms with E-state index in [1.54, 1.807) is 0 Å². The maximum Gasteiger partial charge on any atom is 0.305 e. The number of alkyl halides is 2. The van der Waals surface area contributed by atoms with Crippen molar-refractivity contribution in [1.29, 1.82) is 0 Å². The van der Waals surface area contributed by atoms with E-state index < -0.39 is 30.3 Å². The summed E-state index contributed by atoms with van der Waals surface area (Å²) in [6.07, 6.45) is -1.92. The molecule has 2 atom stereocenters. The Hall–Kier alpha value is -0.710. The van der Waals surface area contributed by atoms with E-state index in [1.807, 2.05) is 0 Å². The van der Waals surface area contributed by atoms with Gasteiger partial charge in [-0.25, -0.2) is 8.78 Å². The molecule has 0 radical (unpaired) electrons. The molecule has 0 aromatic heterocycles. The summed E-state index contributed by atoms with van der Waals surface area (Å²) in [5.74, 6) is -4.64. The molecule has 70 valence electrons. The third-order valence-corrected chi connectivity index (χ3v) is 1.92. The zero-order valence-electron chi connectivity index (χ0n) is 6.33. The van der Waals surface area contributed by atoms with Gasteiger partial charge in [0, 0.05) is 12.3 Å². The fourth-order valence-corrected chi connectivity index (χ4v) is 1.14. The largest absolute Gasteiger partial charge is 0.481 e. The van der Waals surface area contributed by atoms with Gasteiger partial charge in [-0.05, 0) is 6.42 Å². The number of aliphatic carboxylic acids is 1. The Morgan fingerprint density at radius 2 is 2.17 bits per heavy atom. The lowest BCUT2D eigenvalue weighted by atomic mass is 10.1. The van der Waals surface area contributed by atoms with Gasteiger partial charge in [-0.3, -0.25) is 4.79 Å². The molecule has 1 aliphatic rings. The second-order valence-electron chi connectivity index (χ2n) is 3.15. The van der Waals surface area contributed by atoms with Crippen LogP contribution in [-0.2, 0) is 4.79 Å². The van der Waals surface area contributed by atoms with Crippen molar-refractivity contribution in [1.82, 2.24) is 0 Å². The smallest absolute Gasteiger partial charge is 0.305 e. The first kappa shape index (κ1) is 9.38. The summed E-state index contributed by atoms with van der Waals surface area (Å²) in [6.45, 7) is 0. The van der Waals surface area contributed by atoms with E-state index in [0.717, 1.165) is 0 Å². The van der Waals surface area contributed by atoms with E-state index in [4.69, 9.17) is 10.2 Å². The number of aliphatic hydroxyl groups is 1. The summed E-state index contributed by atoms with van der Waals surface area (Å²) in [7, 11) is 0. The maximum absolute atomic E-state index is 12.2. The summed E-state index contributed by atoms with van der Waals surface area (Å²) in [5, 5.41) is 17.1. The highest BCUT2D eigenvalue weighted by molar-refractivity contribution is 5.67. The number of rotatable bonds is 4. The Labute approximate surface area is 68.0 Å². The predicted molar refractivity (Wildman–Crippen MR) is 35.9 cm³/mol. The van der Waals surface area contributed by atoms with Crippen molar-refractivity contribution < 1.29 is 23.8 Å². The topological polar surface area (TPSA) is 57.5 Å². The SMILES string of the molecule is O=C(O)C[C@@H](O)CC1CC1(F)F. The van der Waals surface area contributed by atoms with Crippen LogP contribution >= 0.6 is 0 Å². The van der Waals surface area contributed by atoms with Gasteiger partial charge >= 0.3 is 5.97 Å². The molecule has 1 aliphatic carbocycles. The van der Waals surface area contributed by atoms with Gasteiger partial charge in [-0.15, -0.1) is 0 Å². The number of hydrogen-bond donors (Lipinski definition) is 2. The average Bonchev–Trinajstić information content (AvgIpc) is 2.35. The van der Waals surface area contributed by atoms with Crippen molar-refractivity contribution in [3.8, 4) is 0 Å². The minimum absolute atomic E-state index is 0.112. The van der Waals surface area contributed by atoms with Gasteiger partial charge in [0.15, 0.2) is 0 Å². The number of carbonyl (C=O) groups is 1. The standard InChI is InChI=1S/C7H10F2O3/c8-7(9)3-4(7)1-5(10)2-6(11)12/h4-5,10H,1-3H2,(H,11,12)/t4?,5-/m0/s1. The summed E-state index contributed by atoms with van der Waals surface area (Å²) >= 11 is 0. The third kappa shape index (κ3) is 2.41. The first-order chi connectivity index (χ1) is 5.42. The summed E-state index contributed by atoms with van der Waals surface area (Å²) < 4.78 is 24.5. The molecule has 1 rings (SSSR count). The second-order valence-corrected chi connectivity index (χ2v) is 3.15. The predicted octanol–water partition coefficient (Wildman–Crippen LogP) is 0.867. The molecule has 1 saturated carbocycles. The van der Waals surface area contributed by atoms with Crippen LogP contribution in [0.5, 0.6) is 0 Å². The number of carboxylic acid groups (broad SMARTS) is 1. The van der Waals surface area contributed by atoms with Crippen LogP contribution in [0.4, 0.5) is 8.78 Å². The van der Waals surface area contributed by atoms with Crippen LogP contribution in [0.15, 0.2) is 0 Å². The van der Waals surface area contributed by atoms with Crippen molar-refractivity contribution in [3.05, 3.63) is 0 Å². The zero-order valence-corrected chi connectivity index (χ0v) is 6.33. The van der Waals surface area contributed by atoms with E-state index in [-0.39, 0.29) is 12.8 Å². The number of halogens is 2. The Balaban J connectivity index is 2.20. The normalized spacial score (nSPS) is 28.1.